The van der Waals surface area contributed by atoms with E-state index in [2.05, 4.69) is 10.3 Å². The van der Waals surface area contributed by atoms with Gasteiger partial charge in [-0.2, -0.15) is 0 Å². The molecule has 1 N–H and O–H groups in total. The van der Waals surface area contributed by atoms with E-state index >= 15 is 0 Å². The van der Waals surface area contributed by atoms with Crippen molar-refractivity contribution in [3.63, 3.8) is 0 Å². The van der Waals surface area contributed by atoms with Gasteiger partial charge >= 0.3 is 5.97 Å². The van der Waals surface area contributed by atoms with Gasteiger partial charge in [-0.1, -0.05) is 30.7 Å². The van der Waals surface area contributed by atoms with Gasteiger partial charge in [0.25, 0.3) is 5.91 Å². The van der Waals surface area contributed by atoms with Crippen molar-refractivity contribution in [3.05, 3.63) is 58.6 Å². The maximum absolute atomic E-state index is 12.1. The highest BCUT2D eigenvalue weighted by molar-refractivity contribution is 6.55. The van der Waals surface area contributed by atoms with E-state index in [1.807, 2.05) is 6.92 Å². The van der Waals surface area contributed by atoms with Crippen molar-refractivity contribution in [2.45, 2.75) is 13.3 Å². The first kappa shape index (κ1) is 16.2. The summed E-state index contributed by atoms with van der Waals surface area (Å²) in [5.41, 5.74) is 2.56. The quantitative estimate of drug-likeness (QED) is 0.854. The number of hydrogen-bond acceptors (Lipinski definition) is 4. The number of esters is 1. The maximum atomic E-state index is 12.1. The van der Waals surface area contributed by atoms with Crippen LogP contribution >= 0.6 is 11.6 Å². The maximum Gasteiger partial charge on any atom is 0.338 e. The van der Waals surface area contributed by atoms with Crippen LogP contribution in [0.25, 0.3) is 0 Å². The number of hydrogen-bond donors (Lipinski definition) is 1. The van der Waals surface area contributed by atoms with Crippen LogP contribution in [0.5, 0.6) is 0 Å². The predicted molar refractivity (Wildman–Crippen MR) is 93.3 cm³/mol. The lowest BCUT2D eigenvalue weighted by molar-refractivity contribution is -0.110. The Hall–Kier alpha value is -2.66. The highest BCUT2D eigenvalue weighted by Crippen LogP contribution is 2.32. The van der Waals surface area contributed by atoms with Crippen LogP contribution in [0, 0.1) is 0 Å². The summed E-state index contributed by atoms with van der Waals surface area (Å²) in [7, 11) is 0. The van der Waals surface area contributed by atoms with Crippen LogP contribution < -0.4 is 5.32 Å². The van der Waals surface area contributed by atoms with Crippen LogP contribution in [-0.2, 0) is 9.53 Å². The van der Waals surface area contributed by atoms with E-state index in [1.54, 1.807) is 42.5 Å². The molecule has 0 fully saturated rings. The standard InChI is InChI=1S/C18H15ClN2O3/c1-2-10-24-18(23)11-6-8-12(9-7-11)20-16-13-4-3-5-14(19)15(13)21-17(16)22/h3-9H,2,10H2,1H3,(H,20,21,22). The Morgan fingerprint density at radius 1 is 1.21 bits per heavy atom. The summed E-state index contributed by atoms with van der Waals surface area (Å²) in [4.78, 5) is 28.3. The Morgan fingerprint density at radius 3 is 2.67 bits per heavy atom. The third-order valence-corrected chi connectivity index (χ3v) is 3.82. The summed E-state index contributed by atoms with van der Waals surface area (Å²) in [6.07, 6.45) is 0.772. The van der Waals surface area contributed by atoms with Gasteiger partial charge in [0.15, 0.2) is 0 Å². The monoisotopic (exact) mass is 342 g/mol. The molecule has 0 unspecified atom stereocenters. The molecular formula is C18H15ClN2O3. The molecule has 2 aromatic rings. The molecule has 1 aliphatic heterocycles. The van der Waals surface area contributed by atoms with E-state index < -0.39 is 0 Å². The number of rotatable bonds is 4. The number of benzene rings is 2. The first-order valence-electron chi connectivity index (χ1n) is 7.56. The van der Waals surface area contributed by atoms with Crippen molar-refractivity contribution >= 4 is 40.6 Å². The lowest BCUT2D eigenvalue weighted by atomic mass is 10.1. The minimum Gasteiger partial charge on any atom is -0.462 e. The van der Waals surface area contributed by atoms with E-state index in [-0.39, 0.29) is 11.9 Å². The highest BCUT2D eigenvalue weighted by Gasteiger charge is 2.27. The van der Waals surface area contributed by atoms with Crippen molar-refractivity contribution in [3.8, 4) is 0 Å². The highest BCUT2D eigenvalue weighted by atomic mass is 35.5. The molecule has 0 aromatic heterocycles. The van der Waals surface area contributed by atoms with Crippen LogP contribution in [0.1, 0.15) is 29.3 Å². The van der Waals surface area contributed by atoms with Crippen molar-refractivity contribution in [1.82, 2.24) is 0 Å². The van der Waals surface area contributed by atoms with Crippen molar-refractivity contribution < 1.29 is 14.3 Å². The Morgan fingerprint density at radius 2 is 1.96 bits per heavy atom. The fourth-order valence-corrected chi connectivity index (χ4v) is 2.56. The average molecular weight is 343 g/mol. The van der Waals surface area contributed by atoms with Crippen molar-refractivity contribution in [2.24, 2.45) is 4.99 Å². The van der Waals surface area contributed by atoms with Gasteiger partial charge in [-0.3, -0.25) is 4.79 Å². The SMILES string of the molecule is CCCOC(=O)c1ccc(N=C2C(=O)Nc3c(Cl)cccc32)cc1. The van der Waals surface area contributed by atoms with E-state index in [0.29, 0.717) is 39.8 Å². The molecule has 1 aliphatic rings. The van der Waals surface area contributed by atoms with Gasteiger partial charge in [0.05, 0.1) is 28.6 Å². The molecule has 0 saturated heterocycles. The molecule has 0 saturated carbocycles. The van der Waals surface area contributed by atoms with Crippen LogP contribution in [-0.4, -0.2) is 24.2 Å². The molecule has 122 valence electrons. The smallest absolute Gasteiger partial charge is 0.338 e. The second-order valence-electron chi connectivity index (χ2n) is 5.26. The lowest BCUT2D eigenvalue weighted by Crippen LogP contribution is -2.13. The first-order chi connectivity index (χ1) is 11.6. The summed E-state index contributed by atoms with van der Waals surface area (Å²) in [5, 5.41) is 3.19. The van der Waals surface area contributed by atoms with Crippen molar-refractivity contribution in [1.29, 1.82) is 0 Å². The van der Waals surface area contributed by atoms with Gasteiger partial charge in [0.2, 0.25) is 0 Å². The van der Waals surface area contributed by atoms with Crippen molar-refractivity contribution in [2.75, 3.05) is 11.9 Å². The zero-order valence-electron chi connectivity index (χ0n) is 13.0. The molecule has 6 heteroatoms. The number of carbonyl (C=O) groups is 2. The largest absolute Gasteiger partial charge is 0.462 e. The zero-order valence-corrected chi connectivity index (χ0v) is 13.8. The Labute approximate surface area is 144 Å². The number of carbonyl (C=O) groups excluding carboxylic acids is 2. The summed E-state index contributed by atoms with van der Waals surface area (Å²) >= 11 is 6.08. The van der Waals surface area contributed by atoms with E-state index in [0.717, 1.165) is 6.42 Å². The van der Waals surface area contributed by atoms with Crippen LogP contribution in [0.2, 0.25) is 5.02 Å². The molecule has 1 amide bonds. The summed E-state index contributed by atoms with van der Waals surface area (Å²) < 4.78 is 5.07. The minimum atomic E-state index is -0.369. The normalized spacial score (nSPS) is 14.4. The number of aliphatic imine (C=N–C) groups is 1. The molecule has 0 aliphatic carbocycles. The molecule has 0 radical (unpaired) electrons. The summed E-state index contributed by atoms with van der Waals surface area (Å²) in [6.45, 7) is 2.32. The molecule has 0 atom stereocenters. The molecule has 2 aromatic carbocycles. The number of fused-ring (bicyclic) bond motifs is 1. The lowest BCUT2D eigenvalue weighted by Gasteiger charge is -2.03. The molecular weight excluding hydrogens is 328 g/mol. The second-order valence-corrected chi connectivity index (χ2v) is 5.67. The second kappa shape index (κ2) is 6.84. The molecule has 5 nitrogen and oxygen atoms in total. The summed E-state index contributed by atoms with van der Waals surface area (Å²) in [5.74, 6) is -0.670. The Bertz CT molecular complexity index is 829. The number of ether oxygens (including phenoxy) is 1. The third-order valence-electron chi connectivity index (χ3n) is 3.50. The van der Waals surface area contributed by atoms with Gasteiger partial charge < -0.3 is 10.1 Å². The summed E-state index contributed by atoms with van der Waals surface area (Å²) in [6, 6.07) is 11.9. The molecule has 24 heavy (non-hydrogen) atoms. The van der Waals surface area contributed by atoms with Gasteiger partial charge in [-0.25, -0.2) is 9.79 Å². The fourth-order valence-electron chi connectivity index (χ4n) is 2.33. The topological polar surface area (TPSA) is 67.8 Å². The van der Waals surface area contributed by atoms with Crippen LogP contribution in [0.4, 0.5) is 11.4 Å². The predicted octanol–water partition coefficient (Wildman–Crippen LogP) is 3.98. The van der Waals surface area contributed by atoms with Gasteiger partial charge in [-0.05, 0) is 36.8 Å². The number of anilines is 1. The number of nitrogens with zero attached hydrogens (tertiary/aromatic N) is 1. The Balaban J connectivity index is 1.86. The fraction of sp³-hybridized carbons (Fsp3) is 0.167. The van der Waals surface area contributed by atoms with Gasteiger partial charge in [-0.15, -0.1) is 0 Å². The average Bonchev–Trinajstić information content (AvgIpc) is 2.91. The Kier molecular flexibility index (Phi) is 4.62. The zero-order chi connectivity index (χ0) is 17.1. The van der Waals surface area contributed by atoms with Gasteiger partial charge in [0.1, 0.15) is 5.71 Å². The van der Waals surface area contributed by atoms with Crippen LogP contribution in [0.15, 0.2) is 47.5 Å². The van der Waals surface area contributed by atoms with E-state index in [9.17, 15) is 9.59 Å². The minimum absolute atomic E-state index is 0.300. The molecule has 0 bridgehead atoms. The number of amides is 1. The van der Waals surface area contributed by atoms with Crippen LogP contribution in [0.3, 0.4) is 0 Å². The van der Waals surface area contributed by atoms with E-state index in [1.165, 1.54) is 0 Å². The van der Waals surface area contributed by atoms with Gasteiger partial charge in [0, 0.05) is 5.56 Å². The molecule has 1 heterocycles. The number of para-hydroxylation sites is 1. The molecule has 0 spiro atoms. The first-order valence-corrected chi connectivity index (χ1v) is 7.94. The van der Waals surface area contributed by atoms with E-state index in [4.69, 9.17) is 16.3 Å². The number of halogens is 1. The molecule has 3 rings (SSSR count). The number of nitrogens with one attached hydrogen (secondary N) is 1. The third kappa shape index (κ3) is 3.16.